The van der Waals surface area contributed by atoms with Gasteiger partial charge in [0.05, 0.1) is 10.9 Å². The fourth-order valence-corrected chi connectivity index (χ4v) is 3.84. The van der Waals surface area contributed by atoms with Crippen molar-refractivity contribution in [2.24, 2.45) is 0 Å². The molecule has 3 rings (SSSR count). The van der Waals surface area contributed by atoms with Gasteiger partial charge >= 0.3 is 6.09 Å². The van der Waals surface area contributed by atoms with Gasteiger partial charge in [0.15, 0.2) is 0 Å². The molecule has 1 saturated heterocycles. The molecule has 0 unspecified atom stereocenters. The van der Waals surface area contributed by atoms with Gasteiger partial charge in [0.1, 0.15) is 11.4 Å². The Balaban J connectivity index is 1.49. The summed E-state index contributed by atoms with van der Waals surface area (Å²) in [6, 6.07) is 3.87. The number of carbonyl (C=O) groups is 1. The highest BCUT2D eigenvalue weighted by molar-refractivity contribution is 7.16. The third-order valence-electron chi connectivity index (χ3n) is 4.09. The van der Waals surface area contributed by atoms with Crippen molar-refractivity contribution < 1.29 is 9.53 Å². The Morgan fingerprint density at radius 3 is 2.77 bits per heavy atom. The number of amides is 1. The zero-order valence-corrected chi connectivity index (χ0v) is 16.8. The van der Waals surface area contributed by atoms with Crippen LogP contribution in [-0.2, 0) is 11.3 Å². The summed E-state index contributed by atoms with van der Waals surface area (Å²) in [5.41, 5.74) is -0.466. The summed E-state index contributed by atoms with van der Waals surface area (Å²) in [4.78, 5) is 19.6. The number of rotatable bonds is 4. The molecule has 0 spiro atoms. The molecule has 2 aromatic rings. The Labute approximate surface area is 162 Å². The van der Waals surface area contributed by atoms with Gasteiger partial charge in [-0.25, -0.2) is 4.79 Å². The van der Waals surface area contributed by atoms with Gasteiger partial charge in [-0.1, -0.05) is 11.6 Å². The van der Waals surface area contributed by atoms with Crippen LogP contribution in [0.1, 0.15) is 50.2 Å². The van der Waals surface area contributed by atoms with Gasteiger partial charge in [-0.05, 0) is 45.7 Å². The molecule has 1 fully saturated rings. The molecule has 9 heteroatoms. The number of piperidine rings is 1. The molecule has 0 aliphatic carbocycles. The highest BCUT2D eigenvalue weighted by Gasteiger charge is 2.28. The van der Waals surface area contributed by atoms with E-state index in [-0.39, 0.29) is 12.0 Å². The first-order valence-corrected chi connectivity index (χ1v) is 9.88. The van der Waals surface area contributed by atoms with E-state index in [2.05, 4.69) is 20.5 Å². The van der Waals surface area contributed by atoms with Gasteiger partial charge in [-0.2, -0.15) is 4.98 Å². The van der Waals surface area contributed by atoms with Crippen molar-refractivity contribution in [1.82, 2.24) is 20.1 Å². The van der Waals surface area contributed by atoms with Crippen molar-refractivity contribution in [3.63, 3.8) is 0 Å². The number of halogens is 1. The zero-order valence-electron chi connectivity index (χ0n) is 15.2. The number of hydrogen-bond acceptors (Lipinski definition) is 6. The highest BCUT2D eigenvalue weighted by atomic mass is 35.5. The van der Waals surface area contributed by atoms with Crippen LogP contribution in [0.5, 0.6) is 0 Å². The van der Waals surface area contributed by atoms with Crippen molar-refractivity contribution >= 4 is 35.0 Å². The number of carbonyl (C=O) groups excluding carboxylic acids is 1. The first kappa shape index (κ1) is 19.0. The number of thiophene rings is 1. The van der Waals surface area contributed by atoms with E-state index in [1.54, 1.807) is 4.90 Å². The third-order valence-corrected chi connectivity index (χ3v) is 5.32. The minimum absolute atomic E-state index is 0.245. The number of hydrogen-bond donors (Lipinski definition) is 2. The van der Waals surface area contributed by atoms with E-state index in [0.29, 0.717) is 25.6 Å². The Kier molecular flexibility index (Phi) is 5.72. The summed E-state index contributed by atoms with van der Waals surface area (Å²) in [5.74, 6) is 1.72. The van der Waals surface area contributed by atoms with Crippen molar-refractivity contribution in [1.29, 1.82) is 0 Å². The summed E-state index contributed by atoms with van der Waals surface area (Å²) >= 11 is 7.47. The SMILES string of the molecule is CC(C)(C)OC(=O)N1CCC(c2nc(NCc3ccc(Cl)s3)n[nH]2)CC1. The predicted molar refractivity (Wildman–Crippen MR) is 103 cm³/mol. The second-order valence-corrected chi connectivity index (χ2v) is 9.14. The third kappa shape index (κ3) is 5.11. The van der Waals surface area contributed by atoms with Crippen LogP contribution in [0.2, 0.25) is 4.34 Å². The van der Waals surface area contributed by atoms with Crippen LogP contribution in [0.25, 0.3) is 0 Å². The molecular formula is C17H24ClN5O2S. The van der Waals surface area contributed by atoms with Crippen LogP contribution in [-0.4, -0.2) is 44.9 Å². The number of ether oxygens (including phenoxy) is 1. The number of aromatic nitrogens is 3. The molecule has 3 heterocycles. The largest absolute Gasteiger partial charge is 0.444 e. The van der Waals surface area contributed by atoms with Crippen molar-refractivity contribution in [3.8, 4) is 0 Å². The maximum atomic E-state index is 12.1. The highest BCUT2D eigenvalue weighted by Crippen LogP contribution is 2.27. The van der Waals surface area contributed by atoms with E-state index in [1.165, 1.54) is 11.3 Å². The molecule has 2 N–H and O–H groups in total. The van der Waals surface area contributed by atoms with Gasteiger partial charge in [-0.15, -0.1) is 16.4 Å². The first-order valence-electron chi connectivity index (χ1n) is 8.68. The molecule has 1 aliphatic heterocycles. The summed E-state index contributed by atoms with van der Waals surface area (Å²) in [6.07, 6.45) is 1.44. The normalized spacial score (nSPS) is 15.9. The van der Waals surface area contributed by atoms with Gasteiger partial charge in [0.2, 0.25) is 5.95 Å². The Hall–Kier alpha value is -1.80. The van der Waals surface area contributed by atoms with Crippen molar-refractivity contribution in [2.45, 2.75) is 51.7 Å². The fraction of sp³-hybridized carbons (Fsp3) is 0.588. The van der Waals surface area contributed by atoms with E-state index >= 15 is 0 Å². The van der Waals surface area contributed by atoms with Gasteiger partial charge in [0.25, 0.3) is 0 Å². The topological polar surface area (TPSA) is 83.1 Å². The predicted octanol–water partition coefficient (Wildman–Crippen LogP) is 4.25. The smallest absolute Gasteiger partial charge is 0.410 e. The van der Waals surface area contributed by atoms with Crippen LogP contribution < -0.4 is 5.32 Å². The van der Waals surface area contributed by atoms with Crippen LogP contribution in [0.3, 0.4) is 0 Å². The standard InChI is InChI=1S/C17H24ClN5O2S/c1-17(2,3)25-16(24)23-8-6-11(7-9-23)14-20-15(22-21-14)19-10-12-4-5-13(18)26-12/h4-5,11H,6-10H2,1-3H3,(H2,19,20,21,22). The fourth-order valence-electron chi connectivity index (χ4n) is 2.81. The Morgan fingerprint density at radius 1 is 1.42 bits per heavy atom. The van der Waals surface area contributed by atoms with Crippen molar-refractivity contribution in [2.75, 3.05) is 18.4 Å². The minimum atomic E-state index is -0.466. The summed E-state index contributed by atoms with van der Waals surface area (Å²) in [5, 5.41) is 10.5. The monoisotopic (exact) mass is 397 g/mol. The molecule has 0 aromatic carbocycles. The minimum Gasteiger partial charge on any atom is -0.444 e. The lowest BCUT2D eigenvalue weighted by Gasteiger charge is -2.32. The first-order chi connectivity index (χ1) is 12.3. The maximum Gasteiger partial charge on any atom is 0.410 e. The quantitative estimate of drug-likeness (QED) is 0.805. The van der Waals surface area contributed by atoms with E-state index in [4.69, 9.17) is 16.3 Å². The van der Waals surface area contributed by atoms with Gasteiger partial charge < -0.3 is 15.0 Å². The number of nitrogens with one attached hydrogen (secondary N) is 2. The lowest BCUT2D eigenvalue weighted by Crippen LogP contribution is -2.41. The average Bonchev–Trinajstić information content (AvgIpc) is 3.20. The van der Waals surface area contributed by atoms with E-state index in [1.807, 2.05) is 32.9 Å². The molecule has 0 bridgehead atoms. The maximum absolute atomic E-state index is 12.1. The number of H-pyrrole nitrogens is 1. The van der Waals surface area contributed by atoms with Crippen molar-refractivity contribution in [3.05, 3.63) is 27.2 Å². The van der Waals surface area contributed by atoms with Crippen LogP contribution in [0.15, 0.2) is 12.1 Å². The lowest BCUT2D eigenvalue weighted by atomic mass is 9.96. The molecule has 26 heavy (non-hydrogen) atoms. The molecule has 7 nitrogen and oxygen atoms in total. The lowest BCUT2D eigenvalue weighted by molar-refractivity contribution is 0.0203. The van der Waals surface area contributed by atoms with Gasteiger partial charge in [-0.3, -0.25) is 5.10 Å². The van der Waals surface area contributed by atoms with E-state index < -0.39 is 5.60 Å². The second-order valence-electron chi connectivity index (χ2n) is 7.35. The van der Waals surface area contributed by atoms with E-state index in [0.717, 1.165) is 27.9 Å². The van der Waals surface area contributed by atoms with E-state index in [9.17, 15) is 4.79 Å². The van der Waals surface area contributed by atoms with Gasteiger partial charge in [0, 0.05) is 23.9 Å². The molecular weight excluding hydrogens is 374 g/mol. The molecule has 2 aromatic heterocycles. The zero-order chi connectivity index (χ0) is 18.7. The summed E-state index contributed by atoms with van der Waals surface area (Å²) < 4.78 is 6.20. The summed E-state index contributed by atoms with van der Waals surface area (Å²) in [7, 11) is 0. The number of likely N-dealkylation sites (tertiary alicyclic amines) is 1. The van der Waals surface area contributed by atoms with Crippen LogP contribution >= 0.6 is 22.9 Å². The average molecular weight is 398 g/mol. The molecule has 0 atom stereocenters. The van der Waals surface area contributed by atoms with Crippen LogP contribution in [0.4, 0.5) is 10.7 Å². The van der Waals surface area contributed by atoms with Crippen LogP contribution in [0, 0.1) is 0 Å². The Bertz CT molecular complexity index is 746. The summed E-state index contributed by atoms with van der Waals surface area (Å²) in [6.45, 7) is 7.61. The second kappa shape index (κ2) is 7.84. The number of nitrogens with zero attached hydrogens (tertiary/aromatic N) is 3. The Morgan fingerprint density at radius 2 is 2.15 bits per heavy atom. The molecule has 1 aliphatic rings. The molecule has 0 saturated carbocycles. The molecule has 0 radical (unpaired) electrons. The molecule has 142 valence electrons. The molecule has 1 amide bonds. The number of aromatic amines is 1. The number of anilines is 1.